The highest BCUT2D eigenvalue weighted by Gasteiger charge is 2.38. The van der Waals surface area contributed by atoms with Gasteiger partial charge in [0.2, 0.25) is 0 Å². The van der Waals surface area contributed by atoms with Crippen LogP contribution in [0.4, 0.5) is 0 Å². The van der Waals surface area contributed by atoms with Gasteiger partial charge in [0.25, 0.3) is 0 Å². The predicted octanol–water partition coefficient (Wildman–Crippen LogP) is 11.0. The molecule has 2 aliphatic rings. The van der Waals surface area contributed by atoms with Gasteiger partial charge in [0.1, 0.15) is 0 Å². The molecule has 0 saturated carbocycles. The second-order valence-corrected chi connectivity index (χ2v) is 21.3. The van der Waals surface area contributed by atoms with E-state index in [1.807, 2.05) is 48.2 Å². The molecule has 0 saturated heterocycles. The molecule has 56 heavy (non-hydrogen) atoms. The maximum absolute atomic E-state index is 13.0. The molecule has 0 unspecified atom stereocenters. The molecule has 0 N–H and O–H groups in total. The monoisotopic (exact) mass is 796 g/mol. The molecule has 0 atom stereocenters. The third-order valence-electron chi connectivity index (χ3n) is 12.1. The van der Waals surface area contributed by atoms with E-state index in [1.165, 1.54) is 54.2 Å². The van der Waals surface area contributed by atoms with Crippen LogP contribution in [0.2, 0.25) is 0 Å². The first-order valence-corrected chi connectivity index (χ1v) is 22.3. The van der Waals surface area contributed by atoms with Crippen molar-refractivity contribution in [2.24, 2.45) is 0 Å². The summed E-state index contributed by atoms with van der Waals surface area (Å²) in [6, 6.07) is 27.3. The van der Waals surface area contributed by atoms with Crippen molar-refractivity contribution >= 4 is 33.5 Å². The van der Waals surface area contributed by atoms with Crippen molar-refractivity contribution in [3.63, 3.8) is 0 Å². The molecular formula is C48H60O6S2. The molecule has 0 aliphatic heterocycles. The quantitative estimate of drug-likeness (QED) is 0.117. The summed E-state index contributed by atoms with van der Waals surface area (Å²) in [6.45, 7) is 18.3. The Morgan fingerprint density at radius 1 is 0.554 bits per heavy atom. The number of methoxy groups -OCH3 is 2. The zero-order valence-corrected chi connectivity index (χ0v) is 36.6. The summed E-state index contributed by atoms with van der Waals surface area (Å²) < 4.78 is 35.5. The highest BCUT2D eigenvalue weighted by atomic mass is 32.2. The molecule has 0 spiro atoms. The maximum atomic E-state index is 13.0. The minimum absolute atomic E-state index is 0.0277. The summed E-state index contributed by atoms with van der Waals surface area (Å²) in [5, 5.41) is 0. The Bertz CT molecular complexity index is 2140. The molecule has 4 aromatic rings. The lowest BCUT2D eigenvalue weighted by Crippen LogP contribution is -2.34. The van der Waals surface area contributed by atoms with Crippen LogP contribution in [0.1, 0.15) is 135 Å². The van der Waals surface area contributed by atoms with E-state index in [9.17, 15) is 18.0 Å². The first kappa shape index (κ1) is 43.2. The number of hydrogen-bond acceptors (Lipinski definition) is 7. The lowest BCUT2D eigenvalue weighted by Gasteiger charge is -2.42. The van der Waals surface area contributed by atoms with Crippen molar-refractivity contribution in [2.75, 3.05) is 25.7 Å². The van der Waals surface area contributed by atoms with Gasteiger partial charge in [-0.15, -0.1) is 11.8 Å². The summed E-state index contributed by atoms with van der Waals surface area (Å²) in [5.74, 6) is 0.382. The fourth-order valence-electron chi connectivity index (χ4n) is 7.93. The topological polar surface area (TPSA) is 86.7 Å². The molecular weight excluding hydrogens is 737 g/mol. The third-order valence-corrected chi connectivity index (χ3v) is 14.8. The second-order valence-electron chi connectivity index (χ2n) is 18.0. The van der Waals surface area contributed by atoms with E-state index in [0.29, 0.717) is 22.4 Å². The average Bonchev–Trinajstić information content (AvgIpc) is 3.17. The van der Waals surface area contributed by atoms with E-state index in [2.05, 4.69) is 73.6 Å². The largest absolute Gasteiger partial charge is 0.465 e. The van der Waals surface area contributed by atoms with E-state index in [0.717, 1.165) is 36.1 Å². The molecule has 0 radical (unpaired) electrons. The molecule has 0 amide bonds. The Morgan fingerprint density at radius 3 is 1.43 bits per heavy atom. The molecule has 0 aromatic heterocycles. The summed E-state index contributed by atoms with van der Waals surface area (Å²) in [7, 11) is -0.654. The number of hydrogen-bond donors (Lipinski definition) is 0. The summed E-state index contributed by atoms with van der Waals surface area (Å²) in [5.41, 5.74) is 9.19. The number of carbonyl (C=O) groups is 2. The van der Waals surface area contributed by atoms with Gasteiger partial charge in [-0.2, -0.15) is 0 Å². The number of aryl methyl sites for hydroxylation is 2. The van der Waals surface area contributed by atoms with Crippen LogP contribution in [0.3, 0.4) is 0 Å². The third kappa shape index (κ3) is 9.97. The van der Waals surface area contributed by atoms with Crippen molar-refractivity contribution in [3.05, 3.63) is 129 Å². The molecule has 0 fully saturated rings. The fraction of sp³-hybridized carbons (Fsp3) is 0.458. The van der Waals surface area contributed by atoms with Crippen molar-refractivity contribution in [1.29, 1.82) is 0 Å². The van der Waals surface area contributed by atoms with Gasteiger partial charge in [0, 0.05) is 10.6 Å². The number of ether oxygens (including phenoxy) is 2. The highest BCUT2D eigenvalue weighted by Crippen LogP contribution is 2.48. The molecule has 0 heterocycles. The molecule has 2 aliphatic carbocycles. The van der Waals surface area contributed by atoms with Gasteiger partial charge in [0.15, 0.2) is 9.84 Å². The first-order valence-electron chi connectivity index (χ1n) is 19.7. The van der Waals surface area contributed by atoms with Crippen LogP contribution >= 0.6 is 11.8 Å². The normalized spacial score (nSPS) is 17.3. The molecule has 8 heteroatoms. The molecule has 0 bridgehead atoms. The number of sulfone groups is 1. The van der Waals surface area contributed by atoms with Gasteiger partial charge in [-0.1, -0.05) is 91.8 Å². The van der Waals surface area contributed by atoms with E-state index >= 15 is 0 Å². The average molecular weight is 797 g/mol. The zero-order valence-electron chi connectivity index (χ0n) is 35.0. The van der Waals surface area contributed by atoms with Crippen molar-refractivity contribution in [1.82, 2.24) is 0 Å². The van der Waals surface area contributed by atoms with Gasteiger partial charge in [-0.3, -0.25) is 0 Å². The van der Waals surface area contributed by atoms with Crippen molar-refractivity contribution in [2.45, 2.75) is 125 Å². The smallest absolute Gasteiger partial charge is 0.337 e. The van der Waals surface area contributed by atoms with Gasteiger partial charge in [0.05, 0.1) is 36.0 Å². The van der Waals surface area contributed by atoms with E-state index in [-0.39, 0.29) is 33.4 Å². The van der Waals surface area contributed by atoms with Crippen LogP contribution < -0.4 is 0 Å². The Hall–Kier alpha value is -3.88. The van der Waals surface area contributed by atoms with Crippen LogP contribution in [0.15, 0.2) is 94.7 Å². The summed E-state index contributed by atoms with van der Waals surface area (Å²) in [6.07, 6.45) is 6.02. The van der Waals surface area contributed by atoms with Crippen LogP contribution in [0.5, 0.6) is 0 Å². The second kappa shape index (κ2) is 16.9. The maximum Gasteiger partial charge on any atom is 0.337 e. The minimum Gasteiger partial charge on any atom is -0.465 e. The summed E-state index contributed by atoms with van der Waals surface area (Å²) in [4.78, 5) is 24.8. The Kier molecular flexibility index (Phi) is 13.1. The number of fused-ring (bicyclic) bond motifs is 2. The van der Waals surface area contributed by atoms with Crippen molar-refractivity contribution < 1.29 is 27.5 Å². The Balaban J connectivity index is 0.000000215. The van der Waals surface area contributed by atoms with E-state index in [1.54, 1.807) is 30.3 Å². The molecule has 4 aromatic carbocycles. The lowest BCUT2D eigenvalue weighted by atomic mass is 9.63. The van der Waals surface area contributed by atoms with Gasteiger partial charge in [-0.05, 0) is 142 Å². The summed E-state index contributed by atoms with van der Waals surface area (Å²) >= 11 is 1.91. The standard InChI is InChI=1S/C24H30O4S.C24H30O2S/c1-23(2)13-14-24(3,4)21-16-19(10-11-20(21)23)29(26,27)15-12-17-6-8-18(9-7-17)22(25)28-5;1-23(2)13-14-24(3,4)21-16-19(10-11-20(21)23)27-15-12-17-6-8-18(9-7-17)22(25)26-5/h6-11,16H,12-15H2,1-5H3;6-11,16H,12-15H2,1-5H3. The molecule has 300 valence electrons. The van der Waals surface area contributed by atoms with Gasteiger partial charge < -0.3 is 9.47 Å². The number of benzene rings is 4. The highest BCUT2D eigenvalue weighted by molar-refractivity contribution is 7.99. The number of thioether (sulfide) groups is 1. The first-order chi connectivity index (χ1) is 26.2. The minimum atomic E-state index is -3.40. The Labute approximate surface area is 340 Å². The van der Waals surface area contributed by atoms with Crippen LogP contribution in [-0.2, 0) is 53.8 Å². The van der Waals surface area contributed by atoms with E-state index in [4.69, 9.17) is 9.47 Å². The number of esters is 2. The van der Waals surface area contributed by atoms with Crippen LogP contribution in [-0.4, -0.2) is 46.1 Å². The zero-order chi connectivity index (χ0) is 41.1. The number of carbonyl (C=O) groups excluding carboxylic acids is 2. The predicted molar refractivity (Wildman–Crippen MR) is 229 cm³/mol. The van der Waals surface area contributed by atoms with Gasteiger partial charge in [-0.25, -0.2) is 18.0 Å². The van der Waals surface area contributed by atoms with Crippen molar-refractivity contribution in [3.8, 4) is 0 Å². The Morgan fingerprint density at radius 2 is 0.964 bits per heavy atom. The molecule has 6 nitrogen and oxygen atoms in total. The SMILES string of the molecule is COC(=O)c1ccc(CCS(=O)(=O)c2ccc3c(c2)C(C)(C)CCC3(C)C)cc1.COC(=O)c1ccc(CCSc2ccc3c(c2)C(C)(C)CCC3(C)C)cc1. The van der Waals surface area contributed by atoms with Crippen LogP contribution in [0, 0.1) is 0 Å². The van der Waals surface area contributed by atoms with Crippen LogP contribution in [0.25, 0.3) is 0 Å². The number of rotatable bonds is 10. The van der Waals surface area contributed by atoms with E-state index < -0.39 is 15.8 Å². The fourth-order valence-corrected chi connectivity index (χ4v) is 10.2. The molecule has 6 rings (SSSR count). The van der Waals surface area contributed by atoms with Gasteiger partial charge >= 0.3 is 11.9 Å². The lowest BCUT2D eigenvalue weighted by molar-refractivity contribution is 0.0592.